The Morgan fingerprint density at radius 1 is 0.611 bits per heavy atom. The van der Waals surface area contributed by atoms with Gasteiger partial charge in [-0.15, -0.1) is 0 Å². The van der Waals surface area contributed by atoms with Gasteiger partial charge in [-0.2, -0.15) is 9.78 Å². The minimum absolute atomic E-state index is 0.346. The number of hydrogen-bond donors (Lipinski definition) is 1. The Labute approximate surface area is 219 Å². The average Bonchev–Trinajstić information content (AvgIpc) is 2.93. The van der Waals surface area contributed by atoms with Gasteiger partial charge in [0.1, 0.15) is 0 Å². The summed E-state index contributed by atoms with van der Waals surface area (Å²) in [6.07, 6.45) is 0. The third kappa shape index (κ3) is 7.38. The van der Waals surface area contributed by atoms with Crippen molar-refractivity contribution in [1.29, 1.82) is 0 Å². The SMILES string of the molecule is COOC(=O)C(C)c1cccc2ccccc12.COOC(=O)C(C)c1cccc2ccccc12.[OH][Al]. The smallest absolute Gasteiger partial charge is 0.363 e. The maximum Gasteiger partial charge on any atom is 0.363 e. The number of carbonyl (C=O) groups is 2. The van der Waals surface area contributed by atoms with Crippen molar-refractivity contribution < 1.29 is 33.3 Å². The van der Waals surface area contributed by atoms with E-state index in [2.05, 4.69) is 19.6 Å². The molecule has 0 aliphatic rings. The van der Waals surface area contributed by atoms with E-state index in [9.17, 15) is 9.59 Å². The minimum atomic E-state index is -0.385. The second kappa shape index (κ2) is 15.0. The summed E-state index contributed by atoms with van der Waals surface area (Å²) >= 11 is 1.42. The monoisotopic (exact) mass is 504 g/mol. The van der Waals surface area contributed by atoms with E-state index in [1.807, 2.05) is 98.8 Å². The summed E-state index contributed by atoms with van der Waals surface area (Å²) in [7, 11) is 2.65. The molecular weight excluding hydrogens is 475 g/mol. The van der Waals surface area contributed by atoms with Crippen molar-refractivity contribution in [2.24, 2.45) is 0 Å². The van der Waals surface area contributed by atoms with Gasteiger partial charge in [0.2, 0.25) is 0 Å². The molecule has 2 unspecified atom stereocenters. The van der Waals surface area contributed by atoms with Gasteiger partial charge < -0.3 is 4.16 Å². The summed E-state index contributed by atoms with van der Waals surface area (Å²) in [5.41, 5.74) is 1.90. The number of carbonyl (C=O) groups excluding carboxylic acids is 2. The highest BCUT2D eigenvalue weighted by Gasteiger charge is 2.20. The third-order valence-corrected chi connectivity index (χ3v) is 5.62. The lowest BCUT2D eigenvalue weighted by Crippen LogP contribution is -2.12. The van der Waals surface area contributed by atoms with Crippen molar-refractivity contribution in [2.75, 3.05) is 14.2 Å². The molecule has 8 heteroatoms. The number of benzene rings is 4. The molecule has 0 aromatic heterocycles. The molecule has 2 radical (unpaired) electrons. The van der Waals surface area contributed by atoms with Gasteiger partial charge in [-0.05, 0) is 46.5 Å². The zero-order chi connectivity index (χ0) is 26.5. The molecule has 2 atom stereocenters. The van der Waals surface area contributed by atoms with Crippen molar-refractivity contribution in [3.8, 4) is 0 Å². The van der Waals surface area contributed by atoms with Crippen LogP contribution in [0.4, 0.5) is 0 Å². The zero-order valence-electron chi connectivity index (χ0n) is 20.7. The summed E-state index contributed by atoms with van der Waals surface area (Å²) in [6, 6.07) is 27.7. The van der Waals surface area contributed by atoms with E-state index < -0.39 is 0 Å². The van der Waals surface area contributed by atoms with Gasteiger partial charge >= 0.3 is 28.6 Å². The molecule has 7 nitrogen and oxygen atoms in total. The molecule has 4 rings (SSSR count). The van der Waals surface area contributed by atoms with Crippen molar-refractivity contribution in [2.45, 2.75) is 25.7 Å². The molecule has 0 spiro atoms. The maximum atomic E-state index is 11.6. The molecule has 4 aromatic rings. The number of hydrogen-bond acceptors (Lipinski definition) is 7. The fourth-order valence-corrected chi connectivity index (χ4v) is 3.82. The van der Waals surface area contributed by atoms with Gasteiger partial charge in [0, 0.05) is 0 Å². The fraction of sp³-hybridized carbons (Fsp3) is 0.214. The molecule has 0 fully saturated rings. The third-order valence-electron chi connectivity index (χ3n) is 5.62. The predicted octanol–water partition coefficient (Wildman–Crippen LogP) is 5.16. The maximum absolute atomic E-state index is 11.6. The Hall–Kier alpha value is -3.25. The normalized spacial score (nSPS) is 11.8. The molecule has 0 amide bonds. The molecule has 0 heterocycles. The van der Waals surface area contributed by atoms with Crippen molar-refractivity contribution in [3.63, 3.8) is 0 Å². The Kier molecular flexibility index (Phi) is 12.1. The largest absolute Gasteiger partial charge is 0.529 e. The Morgan fingerprint density at radius 2 is 0.944 bits per heavy atom. The second-order valence-electron chi connectivity index (χ2n) is 7.72. The van der Waals surface area contributed by atoms with Gasteiger partial charge in [-0.1, -0.05) is 84.9 Å². The highest BCUT2D eigenvalue weighted by Crippen LogP contribution is 2.27. The molecule has 0 aliphatic heterocycles. The van der Waals surface area contributed by atoms with E-state index in [1.54, 1.807) is 0 Å². The van der Waals surface area contributed by atoms with Crippen LogP contribution in [0.2, 0.25) is 0 Å². The van der Waals surface area contributed by atoms with Crippen molar-refractivity contribution in [1.82, 2.24) is 0 Å². The molecule has 0 saturated heterocycles. The lowest BCUT2D eigenvalue weighted by molar-refractivity contribution is -0.256. The Balaban J connectivity index is 0.000000237. The van der Waals surface area contributed by atoms with Crippen LogP contribution in [0.5, 0.6) is 0 Å². The van der Waals surface area contributed by atoms with Gasteiger partial charge in [-0.25, -0.2) is 9.59 Å². The van der Waals surface area contributed by atoms with Crippen LogP contribution in [0, 0.1) is 0 Å². The topological polar surface area (TPSA) is 91.3 Å². The van der Waals surface area contributed by atoms with E-state index in [-0.39, 0.29) is 23.8 Å². The van der Waals surface area contributed by atoms with Crippen LogP contribution in [0.25, 0.3) is 21.5 Å². The predicted molar refractivity (Wildman–Crippen MR) is 139 cm³/mol. The first kappa shape index (κ1) is 29.0. The van der Waals surface area contributed by atoms with E-state index >= 15 is 0 Å². The lowest BCUT2D eigenvalue weighted by Gasteiger charge is -2.12. The van der Waals surface area contributed by atoms with Crippen LogP contribution in [0.15, 0.2) is 84.9 Å². The van der Waals surface area contributed by atoms with Gasteiger partial charge in [0.05, 0.1) is 26.1 Å². The first-order valence-corrected chi connectivity index (χ1v) is 11.7. The van der Waals surface area contributed by atoms with Crippen LogP contribution in [-0.4, -0.2) is 46.9 Å². The summed E-state index contributed by atoms with van der Waals surface area (Å²) in [5.74, 6) is -1.46. The molecule has 36 heavy (non-hydrogen) atoms. The Morgan fingerprint density at radius 3 is 1.31 bits per heavy atom. The van der Waals surface area contributed by atoms with Gasteiger partial charge in [-0.3, -0.25) is 9.78 Å². The van der Waals surface area contributed by atoms with Crippen LogP contribution in [-0.2, 0) is 29.1 Å². The molecule has 4 aromatic carbocycles. The average molecular weight is 505 g/mol. The summed E-state index contributed by atoms with van der Waals surface area (Å²) < 4.78 is 6.92. The van der Waals surface area contributed by atoms with Crippen LogP contribution in [0.1, 0.15) is 36.8 Å². The zero-order valence-corrected chi connectivity index (χ0v) is 21.9. The first-order valence-electron chi connectivity index (χ1n) is 11.2. The molecule has 0 saturated carbocycles. The lowest BCUT2D eigenvalue weighted by atomic mass is 9.95. The standard InChI is InChI=1S/2C14H14O3.Al.H2O/c2*1-10(14(15)17-16-2)12-9-5-7-11-6-3-4-8-13(11)12;;/h2*3-10H,1-2H3;;1H2/q;;+1;/p-1. The molecule has 186 valence electrons. The Bertz CT molecular complexity index is 1170. The summed E-state index contributed by atoms with van der Waals surface area (Å²) in [4.78, 5) is 41.2. The number of rotatable bonds is 6. The van der Waals surface area contributed by atoms with E-state index in [1.165, 1.54) is 30.8 Å². The molecule has 0 bridgehead atoms. The van der Waals surface area contributed by atoms with Gasteiger partial charge in [0.25, 0.3) is 0 Å². The number of fused-ring (bicyclic) bond motifs is 2. The highest BCUT2D eigenvalue weighted by atomic mass is 27.1. The van der Waals surface area contributed by atoms with Crippen LogP contribution in [0.3, 0.4) is 0 Å². The van der Waals surface area contributed by atoms with E-state index in [0.717, 1.165) is 32.7 Å². The minimum Gasteiger partial charge on any atom is -0.529 e. The molecular formula is C28H29AlO7. The van der Waals surface area contributed by atoms with Crippen LogP contribution < -0.4 is 0 Å². The van der Waals surface area contributed by atoms with Crippen molar-refractivity contribution in [3.05, 3.63) is 96.1 Å². The summed E-state index contributed by atoms with van der Waals surface area (Å²) in [5, 5.41) is 4.36. The first-order chi connectivity index (χ1) is 17.5. The quantitative estimate of drug-likeness (QED) is 0.220. The highest BCUT2D eigenvalue weighted by molar-refractivity contribution is 5.95. The van der Waals surface area contributed by atoms with Gasteiger partial charge in [0.15, 0.2) is 0 Å². The van der Waals surface area contributed by atoms with Crippen molar-refractivity contribution >= 4 is 50.1 Å². The van der Waals surface area contributed by atoms with Crippen LogP contribution >= 0.6 is 0 Å². The van der Waals surface area contributed by atoms with E-state index in [0.29, 0.717) is 0 Å². The summed E-state index contributed by atoms with van der Waals surface area (Å²) in [6.45, 7) is 3.62. The molecule has 1 N–H and O–H groups in total. The second-order valence-corrected chi connectivity index (χ2v) is 7.72. The fourth-order valence-electron chi connectivity index (χ4n) is 3.82. The molecule has 0 aliphatic carbocycles. The van der Waals surface area contributed by atoms with E-state index in [4.69, 9.17) is 4.16 Å².